The zero-order valence-corrected chi connectivity index (χ0v) is 10.6. The van der Waals surface area contributed by atoms with E-state index in [4.69, 9.17) is 16.3 Å². The van der Waals surface area contributed by atoms with Crippen molar-refractivity contribution in [3.05, 3.63) is 34.9 Å². The monoisotopic (exact) mass is 253 g/mol. The van der Waals surface area contributed by atoms with Gasteiger partial charge in [0.1, 0.15) is 0 Å². The molecule has 1 fully saturated rings. The van der Waals surface area contributed by atoms with Crippen LogP contribution in [0.2, 0.25) is 5.02 Å². The van der Waals surface area contributed by atoms with Gasteiger partial charge in [0, 0.05) is 11.6 Å². The number of amides is 1. The van der Waals surface area contributed by atoms with Crippen LogP contribution in [-0.4, -0.2) is 24.1 Å². The number of benzene rings is 1. The van der Waals surface area contributed by atoms with E-state index in [1.165, 1.54) is 0 Å². The van der Waals surface area contributed by atoms with Crippen molar-refractivity contribution in [3.8, 4) is 0 Å². The number of likely N-dealkylation sites (tertiary alicyclic amines) is 1. The van der Waals surface area contributed by atoms with E-state index in [-0.39, 0.29) is 12.1 Å². The summed E-state index contributed by atoms with van der Waals surface area (Å²) in [4.78, 5) is 13.6. The second-order valence-corrected chi connectivity index (χ2v) is 4.54. The second kappa shape index (κ2) is 5.41. The van der Waals surface area contributed by atoms with E-state index in [0.717, 1.165) is 24.9 Å². The quantitative estimate of drug-likeness (QED) is 0.805. The summed E-state index contributed by atoms with van der Waals surface area (Å²) in [6, 6.07) is 7.79. The van der Waals surface area contributed by atoms with Crippen LogP contribution in [-0.2, 0) is 4.74 Å². The number of hydrogen-bond donors (Lipinski definition) is 0. The van der Waals surface area contributed by atoms with E-state index in [1.54, 1.807) is 4.90 Å². The standard InChI is InChI=1S/C13H16ClNO2/c1-2-17-13(16)15-8-4-7-12(15)10-5-3-6-11(14)9-10/h3,5-6,9,12H,2,4,7-8H2,1H3. The maximum absolute atomic E-state index is 11.8. The van der Waals surface area contributed by atoms with Crippen molar-refractivity contribution < 1.29 is 9.53 Å². The molecule has 17 heavy (non-hydrogen) atoms. The average molecular weight is 254 g/mol. The van der Waals surface area contributed by atoms with Crippen LogP contribution in [0.5, 0.6) is 0 Å². The van der Waals surface area contributed by atoms with Crippen LogP contribution in [0.25, 0.3) is 0 Å². The minimum Gasteiger partial charge on any atom is -0.450 e. The van der Waals surface area contributed by atoms with Crippen LogP contribution >= 0.6 is 11.6 Å². The first kappa shape index (κ1) is 12.2. The Bertz CT molecular complexity index is 408. The van der Waals surface area contributed by atoms with Crippen molar-refractivity contribution >= 4 is 17.7 Å². The molecule has 0 spiro atoms. The summed E-state index contributed by atoms with van der Waals surface area (Å²) < 4.78 is 5.06. The zero-order valence-electron chi connectivity index (χ0n) is 9.86. The summed E-state index contributed by atoms with van der Waals surface area (Å²) in [6.45, 7) is 3.00. The van der Waals surface area contributed by atoms with Crippen LogP contribution in [0, 0.1) is 0 Å². The van der Waals surface area contributed by atoms with Crippen molar-refractivity contribution in [1.29, 1.82) is 0 Å². The van der Waals surface area contributed by atoms with Crippen LogP contribution in [0.4, 0.5) is 4.79 Å². The molecule has 2 rings (SSSR count). The van der Waals surface area contributed by atoms with Gasteiger partial charge in [0.05, 0.1) is 12.6 Å². The lowest BCUT2D eigenvalue weighted by molar-refractivity contribution is 0.103. The van der Waals surface area contributed by atoms with E-state index in [2.05, 4.69) is 0 Å². The first-order valence-corrected chi connectivity index (χ1v) is 6.29. The number of ether oxygens (including phenoxy) is 1. The SMILES string of the molecule is CCOC(=O)N1CCCC1c1cccc(Cl)c1. The van der Waals surface area contributed by atoms with Gasteiger partial charge in [0.2, 0.25) is 0 Å². The molecular formula is C13H16ClNO2. The van der Waals surface area contributed by atoms with Gasteiger partial charge in [-0.25, -0.2) is 4.79 Å². The molecule has 0 N–H and O–H groups in total. The molecule has 1 atom stereocenters. The summed E-state index contributed by atoms with van der Waals surface area (Å²) in [5.74, 6) is 0. The Kier molecular flexibility index (Phi) is 3.89. The molecule has 1 heterocycles. The molecule has 0 saturated carbocycles. The molecule has 3 nitrogen and oxygen atoms in total. The van der Waals surface area contributed by atoms with Crippen molar-refractivity contribution in [1.82, 2.24) is 4.90 Å². The van der Waals surface area contributed by atoms with Crippen LogP contribution < -0.4 is 0 Å². The predicted molar refractivity (Wildman–Crippen MR) is 67.2 cm³/mol. The van der Waals surface area contributed by atoms with Crippen molar-refractivity contribution in [2.24, 2.45) is 0 Å². The van der Waals surface area contributed by atoms with Crippen LogP contribution in [0.15, 0.2) is 24.3 Å². The molecule has 1 saturated heterocycles. The molecule has 1 aliphatic heterocycles. The molecular weight excluding hydrogens is 238 g/mol. The predicted octanol–water partition coefficient (Wildman–Crippen LogP) is 3.63. The number of rotatable bonds is 2. The highest BCUT2D eigenvalue weighted by atomic mass is 35.5. The molecule has 1 unspecified atom stereocenters. The topological polar surface area (TPSA) is 29.5 Å². The minimum atomic E-state index is -0.227. The first-order chi connectivity index (χ1) is 8.22. The third kappa shape index (κ3) is 2.72. The second-order valence-electron chi connectivity index (χ2n) is 4.11. The minimum absolute atomic E-state index is 0.104. The molecule has 0 aliphatic carbocycles. The largest absolute Gasteiger partial charge is 0.450 e. The Morgan fingerprint density at radius 1 is 1.59 bits per heavy atom. The Morgan fingerprint density at radius 2 is 2.41 bits per heavy atom. The van der Waals surface area contributed by atoms with Gasteiger partial charge in [-0.2, -0.15) is 0 Å². The first-order valence-electron chi connectivity index (χ1n) is 5.91. The van der Waals surface area contributed by atoms with Crippen molar-refractivity contribution in [2.45, 2.75) is 25.8 Å². The molecule has 1 aliphatic rings. The smallest absolute Gasteiger partial charge is 0.410 e. The van der Waals surface area contributed by atoms with Gasteiger partial charge in [-0.1, -0.05) is 23.7 Å². The van der Waals surface area contributed by atoms with E-state index in [1.807, 2.05) is 31.2 Å². The summed E-state index contributed by atoms with van der Waals surface area (Å²) in [5.41, 5.74) is 1.09. The Labute approximate surface area is 106 Å². The Hall–Kier alpha value is -1.22. The van der Waals surface area contributed by atoms with E-state index < -0.39 is 0 Å². The maximum atomic E-state index is 11.8. The molecule has 4 heteroatoms. The van der Waals surface area contributed by atoms with Gasteiger partial charge in [-0.05, 0) is 37.5 Å². The fourth-order valence-electron chi connectivity index (χ4n) is 2.25. The summed E-state index contributed by atoms with van der Waals surface area (Å²) in [7, 11) is 0. The van der Waals surface area contributed by atoms with Gasteiger partial charge in [-0.3, -0.25) is 0 Å². The Balaban J connectivity index is 2.17. The fourth-order valence-corrected chi connectivity index (χ4v) is 2.45. The number of carbonyl (C=O) groups excluding carboxylic acids is 1. The van der Waals surface area contributed by atoms with Crippen molar-refractivity contribution in [2.75, 3.05) is 13.2 Å². The van der Waals surface area contributed by atoms with Crippen LogP contribution in [0.1, 0.15) is 31.4 Å². The zero-order chi connectivity index (χ0) is 12.3. The van der Waals surface area contributed by atoms with E-state index in [0.29, 0.717) is 11.6 Å². The summed E-state index contributed by atoms with van der Waals surface area (Å²) >= 11 is 5.98. The highest BCUT2D eigenvalue weighted by Gasteiger charge is 2.30. The van der Waals surface area contributed by atoms with Gasteiger partial charge < -0.3 is 9.64 Å². The third-order valence-electron chi connectivity index (χ3n) is 2.99. The van der Waals surface area contributed by atoms with Gasteiger partial charge in [-0.15, -0.1) is 0 Å². The van der Waals surface area contributed by atoms with Gasteiger partial charge in [0.15, 0.2) is 0 Å². The van der Waals surface area contributed by atoms with Crippen molar-refractivity contribution in [3.63, 3.8) is 0 Å². The number of nitrogens with zero attached hydrogens (tertiary/aromatic N) is 1. The number of halogens is 1. The lowest BCUT2D eigenvalue weighted by atomic mass is 10.1. The summed E-state index contributed by atoms with van der Waals surface area (Å²) in [5, 5.41) is 0.707. The fraction of sp³-hybridized carbons (Fsp3) is 0.462. The summed E-state index contributed by atoms with van der Waals surface area (Å²) in [6.07, 6.45) is 1.75. The molecule has 1 aromatic carbocycles. The third-order valence-corrected chi connectivity index (χ3v) is 3.22. The van der Waals surface area contributed by atoms with Crippen LogP contribution in [0.3, 0.4) is 0 Å². The molecule has 0 bridgehead atoms. The number of hydrogen-bond acceptors (Lipinski definition) is 2. The van der Waals surface area contributed by atoms with E-state index in [9.17, 15) is 4.79 Å². The number of carbonyl (C=O) groups is 1. The molecule has 0 aromatic heterocycles. The molecule has 1 aromatic rings. The van der Waals surface area contributed by atoms with Gasteiger partial charge >= 0.3 is 6.09 Å². The highest BCUT2D eigenvalue weighted by Crippen LogP contribution is 2.33. The molecule has 92 valence electrons. The van der Waals surface area contributed by atoms with E-state index >= 15 is 0 Å². The normalized spacial score (nSPS) is 19.4. The Morgan fingerprint density at radius 3 is 3.12 bits per heavy atom. The van der Waals surface area contributed by atoms with Gasteiger partial charge in [0.25, 0.3) is 0 Å². The lowest BCUT2D eigenvalue weighted by Gasteiger charge is -2.24. The molecule has 0 radical (unpaired) electrons. The average Bonchev–Trinajstić information content (AvgIpc) is 2.78. The maximum Gasteiger partial charge on any atom is 0.410 e. The highest BCUT2D eigenvalue weighted by molar-refractivity contribution is 6.30. The molecule has 1 amide bonds. The lowest BCUT2D eigenvalue weighted by Crippen LogP contribution is -2.31.